The van der Waals surface area contributed by atoms with Crippen LogP contribution in [0.1, 0.15) is 5.56 Å². The molecule has 1 aromatic carbocycles. The molecule has 14 heteroatoms. The molecule has 2 rings (SSSR count). The van der Waals surface area contributed by atoms with Gasteiger partial charge in [0.15, 0.2) is 35.2 Å². The van der Waals surface area contributed by atoms with Crippen LogP contribution in [0.25, 0.3) is 0 Å². The first kappa shape index (κ1) is 24.0. The summed E-state index contributed by atoms with van der Waals surface area (Å²) in [5, 5.41) is 2.74. The predicted octanol–water partition coefficient (Wildman–Crippen LogP) is 1.10. The highest BCUT2D eigenvalue weighted by atomic mass is 32.2. The number of halogens is 4. The van der Waals surface area contributed by atoms with Crippen molar-refractivity contribution in [1.82, 2.24) is 10.3 Å². The van der Waals surface area contributed by atoms with Crippen molar-refractivity contribution in [3.8, 4) is 5.75 Å². The van der Waals surface area contributed by atoms with Crippen molar-refractivity contribution >= 4 is 21.9 Å². The van der Waals surface area contributed by atoms with Crippen LogP contribution in [-0.2, 0) is 20.9 Å². The Kier molecular flexibility index (Phi) is 8.27. The molecular formula is C17H18F4N5O4S+. The smallest absolute Gasteiger partial charge is 0.432 e. The summed E-state index contributed by atoms with van der Waals surface area (Å²) >= 11 is 0. The molecule has 0 saturated heterocycles. The third-order valence-corrected chi connectivity index (χ3v) is 3.99. The van der Waals surface area contributed by atoms with Gasteiger partial charge < -0.3 is 15.8 Å². The zero-order chi connectivity index (χ0) is 23.0. The zero-order valence-electron chi connectivity index (χ0n) is 16.0. The molecule has 0 unspecified atom stereocenters. The molecule has 0 bridgehead atoms. The van der Waals surface area contributed by atoms with Gasteiger partial charge in [0.05, 0.1) is 18.4 Å². The number of H-pyrrole nitrogens is 1. The summed E-state index contributed by atoms with van der Waals surface area (Å²) in [6, 6.07) is 0.105. The molecule has 0 aliphatic rings. The molecule has 0 spiro atoms. The minimum atomic E-state index is -3.51. The van der Waals surface area contributed by atoms with Crippen LogP contribution in [0.3, 0.4) is 0 Å². The Morgan fingerprint density at radius 3 is 2.55 bits per heavy atom. The maximum Gasteiger partial charge on any atom is 0.432 e. The second kappa shape index (κ2) is 10.7. The largest absolute Gasteiger partial charge is 0.483 e. The van der Waals surface area contributed by atoms with Crippen molar-refractivity contribution in [3.05, 3.63) is 59.6 Å². The lowest BCUT2D eigenvalue weighted by atomic mass is 10.2. The van der Waals surface area contributed by atoms with Crippen molar-refractivity contribution in [1.29, 1.82) is 0 Å². The molecule has 0 aliphatic carbocycles. The number of amidine groups is 1. The van der Waals surface area contributed by atoms with E-state index in [9.17, 15) is 26.0 Å². The standard InChI is InChI=1S/C17H17F4N5O4S/c1-31(27,28)30-5-4-23-3-2-14(22)26-17-24-7-10(8-25-17)29-9-11-15(20)12(18)6-13(19)16(11)21/h2-3,6-8,23H,4-5,9H2,1H3,(H2,22,24,25,26)/p+1/b3-2-. The lowest BCUT2D eigenvalue weighted by Gasteiger charge is -2.08. The minimum absolute atomic E-state index is 0.0177. The maximum atomic E-state index is 13.6. The maximum absolute atomic E-state index is 13.6. The number of nitrogens with one attached hydrogen (secondary N) is 2. The second-order valence-corrected chi connectivity index (χ2v) is 7.50. The molecule has 31 heavy (non-hydrogen) atoms. The normalized spacial score (nSPS) is 12.4. The number of ether oxygens (including phenoxy) is 1. The van der Waals surface area contributed by atoms with E-state index in [4.69, 9.17) is 10.5 Å². The Balaban J connectivity index is 1.90. The lowest BCUT2D eigenvalue weighted by Crippen LogP contribution is -2.18. The number of aliphatic imine (C=N–C) groups is 1. The summed E-state index contributed by atoms with van der Waals surface area (Å²) in [6.45, 7) is -0.624. The van der Waals surface area contributed by atoms with Crippen molar-refractivity contribution in [2.24, 2.45) is 10.7 Å². The van der Waals surface area contributed by atoms with Crippen molar-refractivity contribution < 1.29 is 39.9 Å². The molecule has 0 saturated carbocycles. The predicted molar refractivity (Wildman–Crippen MR) is 101 cm³/mol. The van der Waals surface area contributed by atoms with E-state index in [1.54, 1.807) is 0 Å². The first-order valence-corrected chi connectivity index (χ1v) is 10.3. The summed E-state index contributed by atoms with van der Waals surface area (Å²) in [7, 11) is -3.51. The van der Waals surface area contributed by atoms with E-state index < -0.39 is 45.6 Å². The van der Waals surface area contributed by atoms with Gasteiger partial charge in [-0.05, 0) is 0 Å². The topological polar surface area (TPSA) is 130 Å². The van der Waals surface area contributed by atoms with E-state index in [1.165, 1.54) is 18.5 Å². The van der Waals surface area contributed by atoms with Crippen LogP contribution >= 0.6 is 0 Å². The number of nitrogens with zero attached hydrogens (tertiary/aromatic N) is 2. The van der Waals surface area contributed by atoms with E-state index >= 15 is 0 Å². The molecular weight excluding hydrogens is 446 g/mol. The number of nitrogens with two attached hydrogens (primary N) is 1. The quantitative estimate of drug-likeness (QED) is 0.134. The third kappa shape index (κ3) is 7.82. The molecule has 2 aromatic rings. The van der Waals surface area contributed by atoms with E-state index in [0.717, 1.165) is 12.5 Å². The van der Waals surface area contributed by atoms with Gasteiger partial charge in [-0.15, -0.1) is 0 Å². The van der Waals surface area contributed by atoms with Gasteiger partial charge in [-0.1, -0.05) is 9.98 Å². The lowest BCUT2D eigenvalue weighted by molar-refractivity contribution is -0.368. The molecule has 0 atom stereocenters. The Labute approximate surface area is 174 Å². The van der Waals surface area contributed by atoms with Crippen LogP contribution in [-0.4, -0.2) is 38.6 Å². The van der Waals surface area contributed by atoms with Gasteiger partial charge in [0.1, 0.15) is 12.8 Å². The zero-order valence-corrected chi connectivity index (χ0v) is 16.8. The van der Waals surface area contributed by atoms with E-state index in [1.807, 2.05) is 0 Å². The van der Waals surface area contributed by atoms with Gasteiger partial charge in [0, 0.05) is 24.9 Å². The monoisotopic (exact) mass is 464 g/mol. The molecule has 168 valence electrons. The highest BCUT2D eigenvalue weighted by Crippen LogP contribution is 2.21. The van der Waals surface area contributed by atoms with E-state index in [0.29, 0.717) is 0 Å². The van der Waals surface area contributed by atoms with Crippen LogP contribution < -0.4 is 20.8 Å². The van der Waals surface area contributed by atoms with Gasteiger partial charge in [0.25, 0.3) is 10.1 Å². The Morgan fingerprint density at radius 2 is 1.97 bits per heavy atom. The minimum Gasteiger partial charge on any atom is -0.483 e. The molecule has 0 radical (unpaired) electrons. The van der Waals surface area contributed by atoms with Crippen LogP contribution in [0.5, 0.6) is 5.75 Å². The summed E-state index contributed by atoms with van der Waals surface area (Å²) in [4.78, 5) is 10.4. The third-order valence-electron chi connectivity index (χ3n) is 3.39. The first-order chi connectivity index (χ1) is 14.6. The Hall–Kier alpha value is -3.26. The molecule has 0 fully saturated rings. The number of hydrogen-bond donors (Lipinski definition) is 2. The van der Waals surface area contributed by atoms with Gasteiger partial charge in [-0.3, -0.25) is 4.18 Å². The van der Waals surface area contributed by atoms with E-state index in [-0.39, 0.29) is 36.8 Å². The molecule has 0 amide bonds. The summed E-state index contributed by atoms with van der Waals surface area (Å²) in [5.41, 5.74) is 4.77. The molecule has 1 aromatic heterocycles. The fourth-order valence-electron chi connectivity index (χ4n) is 2.02. The van der Waals surface area contributed by atoms with Crippen LogP contribution in [0.4, 0.5) is 23.5 Å². The van der Waals surface area contributed by atoms with Gasteiger partial charge in [-0.2, -0.15) is 8.42 Å². The fraction of sp³-hybridized carbons (Fsp3) is 0.235. The summed E-state index contributed by atoms with van der Waals surface area (Å²) in [6.07, 6.45) is 6.13. The van der Waals surface area contributed by atoms with Crippen LogP contribution in [0.2, 0.25) is 0 Å². The summed E-state index contributed by atoms with van der Waals surface area (Å²) in [5.74, 6) is -6.05. The van der Waals surface area contributed by atoms with Crippen LogP contribution in [0, 0.1) is 23.3 Å². The van der Waals surface area contributed by atoms with Gasteiger partial charge in [0.2, 0.25) is 5.84 Å². The van der Waals surface area contributed by atoms with Crippen molar-refractivity contribution in [3.63, 3.8) is 0 Å². The molecule has 1 heterocycles. The molecule has 4 N–H and O–H groups in total. The number of aromatic amines is 1. The molecule has 9 nitrogen and oxygen atoms in total. The Bertz CT molecular complexity index is 1050. The average molecular weight is 464 g/mol. The number of hydrogen-bond acceptors (Lipinski definition) is 7. The average Bonchev–Trinajstić information content (AvgIpc) is 2.69. The Morgan fingerprint density at radius 1 is 1.29 bits per heavy atom. The van der Waals surface area contributed by atoms with Gasteiger partial charge >= 0.3 is 5.95 Å². The molecule has 0 aliphatic heterocycles. The summed E-state index contributed by atoms with van der Waals surface area (Å²) < 4.78 is 84.8. The van der Waals surface area contributed by atoms with E-state index in [2.05, 4.69) is 24.5 Å². The number of aromatic nitrogens is 2. The highest BCUT2D eigenvalue weighted by molar-refractivity contribution is 7.85. The number of rotatable bonds is 10. The fourth-order valence-corrected chi connectivity index (χ4v) is 2.41. The highest BCUT2D eigenvalue weighted by Gasteiger charge is 2.19. The van der Waals surface area contributed by atoms with Gasteiger partial charge in [-0.25, -0.2) is 22.5 Å². The SMILES string of the molecule is CS(=O)(=O)OCCN/C=C\C(N)=N/c1ncc(OCc2c(F)c(F)cc(F)c2F)c[nH+]1. The van der Waals surface area contributed by atoms with Crippen molar-refractivity contribution in [2.45, 2.75) is 6.61 Å². The second-order valence-electron chi connectivity index (χ2n) is 5.86. The van der Waals surface area contributed by atoms with Crippen LogP contribution in [0.15, 0.2) is 35.7 Å². The van der Waals surface area contributed by atoms with Crippen molar-refractivity contribution in [2.75, 3.05) is 19.4 Å². The first-order valence-electron chi connectivity index (χ1n) is 8.47. The number of benzene rings is 1.